The van der Waals surface area contributed by atoms with Crippen molar-refractivity contribution in [3.8, 4) is 11.1 Å². The molecule has 192 valence electrons. The van der Waals surface area contributed by atoms with Crippen LogP contribution in [0.15, 0.2) is 109 Å². The number of nitrogen functional groups attached to an aromatic ring is 1. The van der Waals surface area contributed by atoms with Gasteiger partial charge in [0.05, 0.1) is 13.0 Å². The van der Waals surface area contributed by atoms with Crippen molar-refractivity contribution in [1.82, 2.24) is 5.32 Å². The minimum absolute atomic E-state index is 0.0467. The van der Waals surface area contributed by atoms with Gasteiger partial charge in [-0.15, -0.1) is 0 Å². The monoisotopic (exact) mass is 505 g/mol. The van der Waals surface area contributed by atoms with Crippen LogP contribution in [-0.4, -0.2) is 30.9 Å². The Morgan fingerprint density at radius 3 is 2.00 bits per heavy atom. The number of methoxy groups -OCH3 is 1. The number of nitrogens with two attached hydrogens (primary N) is 1. The molecule has 4 aromatic carbocycles. The van der Waals surface area contributed by atoms with Gasteiger partial charge in [-0.3, -0.25) is 15.0 Å². The van der Waals surface area contributed by atoms with Crippen LogP contribution < -0.4 is 11.1 Å². The largest absolute Gasteiger partial charge is 0.469 e. The fourth-order valence-corrected chi connectivity index (χ4v) is 4.52. The summed E-state index contributed by atoms with van der Waals surface area (Å²) in [6.07, 6.45) is 0.763. The van der Waals surface area contributed by atoms with E-state index >= 15 is 0 Å². The molecule has 0 heterocycles. The molecule has 2 unspecified atom stereocenters. The second-order valence-electron chi connectivity index (χ2n) is 9.16. The van der Waals surface area contributed by atoms with Gasteiger partial charge in [-0.05, 0) is 53.3 Å². The van der Waals surface area contributed by atoms with Crippen LogP contribution >= 0.6 is 0 Å². The second kappa shape index (κ2) is 12.5. The molecule has 4 aromatic rings. The Kier molecular flexibility index (Phi) is 8.67. The topological polar surface area (TPSA) is 105 Å². The van der Waals surface area contributed by atoms with Gasteiger partial charge >= 0.3 is 5.97 Å². The smallest absolute Gasteiger partial charge is 0.311 e. The van der Waals surface area contributed by atoms with E-state index in [9.17, 15) is 9.59 Å². The molecule has 0 saturated carbocycles. The Morgan fingerprint density at radius 2 is 1.37 bits per heavy atom. The third-order valence-corrected chi connectivity index (χ3v) is 6.55. The summed E-state index contributed by atoms with van der Waals surface area (Å²) in [6, 6.07) is 33.8. The maximum Gasteiger partial charge on any atom is 0.311 e. The summed E-state index contributed by atoms with van der Waals surface area (Å²) < 4.78 is 5.18. The van der Waals surface area contributed by atoms with Gasteiger partial charge in [0.15, 0.2) is 0 Å². The zero-order valence-corrected chi connectivity index (χ0v) is 21.3. The lowest BCUT2D eigenvalue weighted by Gasteiger charge is -2.27. The highest BCUT2D eigenvalue weighted by Crippen LogP contribution is 2.22. The van der Waals surface area contributed by atoms with Gasteiger partial charge in [0.2, 0.25) is 0 Å². The fraction of sp³-hybridized carbons (Fsp3) is 0.156. The third kappa shape index (κ3) is 6.73. The molecule has 0 bridgehead atoms. The van der Waals surface area contributed by atoms with E-state index in [0.717, 1.165) is 22.3 Å². The first-order valence-corrected chi connectivity index (χ1v) is 12.5. The molecule has 2 atom stereocenters. The SMILES string of the molecule is COC(=O)C(Cc1cccc(C(=N)N)c1)C(Cc1ccccc1)NC(=O)c1ccc(-c2ccccc2)cc1. The van der Waals surface area contributed by atoms with Gasteiger partial charge in [-0.1, -0.05) is 91.0 Å². The summed E-state index contributed by atoms with van der Waals surface area (Å²) in [7, 11) is 1.35. The van der Waals surface area contributed by atoms with Crippen LogP contribution in [0.25, 0.3) is 11.1 Å². The average molecular weight is 506 g/mol. The van der Waals surface area contributed by atoms with Gasteiger partial charge < -0.3 is 15.8 Å². The summed E-state index contributed by atoms with van der Waals surface area (Å²) in [5.74, 6) is -1.39. The Bertz CT molecular complexity index is 1390. The molecule has 1 amide bonds. The van der Waals surface area contributed by atoms with Crippen molar-refractivity contribution in [3.63, 3.8) is 0 Å². The van der Waals surface area contributed by atoms with Crippen LogP contribution in [0.5, 0.6) is 0 Å². The van der Waals surface area contributed by atoms with E-state index in [-0.39, 0.29) is 11.7 Å². The molecule has 6 nitrogen and oxygen atoms in total. The highest BCUT2D eigenvalue weighted by molar-refractivity contribution is 5.96. The number of hydrogen-bond donors (Lipinski definition) is 3. The van der Waals surface area contributed by atoms with E-state index in [1.807, 2.05) is 78.9 Å². The molecule has 0 spiro atoms. The molecule has 0 fully saturated rings. The number of hydrogen-bond acceptors (Lipinski definition) is 4. The zero-order valence-electron chi connectivity index (χ0n) is 21.3. The number of amidine groups is 1. The van der Waals surface area contributed by atoms with Crippen molar-refractivity contribution < 1.29 is 14.3 Å². The number of esters is 1. The van der Waals surface area contributed by atoms with Crippen LogP contribution in [0.4, 0.5) is 0 Å². The van der Waals surface area contributed by atoms with Crippen LogP contribution in [-0.2, 0) is 22.4 Å². The summed E-state index contributed by atoms with van der Waals surface area (Å²) in [4.78, 5) is 26.4. The number of ether oxygens (including phenoxy) is 1. The van der Waals surface area contributed by atoms with E-state index in [1.54, 1.807) is 30.3 Å². The molecule has 38 heavy (non-hydrogen) atoms. The molecule has 0 saturated heterocycles. The number of rotatable bonds is 10. The Morgan fingerprint density at radius 1 is 0.763 bits per heavy atom. The number of benzene rings is 4. The van der Waals surface area contributed by atoms with Crippen molar-refractivity contribution in [1.29, 1.82) is 5.41 Å². The number of carbonyl (C=O) groups excluding carboxylic acids is 2. The first-order chi connectivity index (χ1) is 18.4. The highest BCUT2D eigenvalue weighted by atomic mass is 16.5. The third-order valence-electron chi connectivity index (χ3n) is 6.55. The van der Waals surface area contributed by atoms with Crippen LogP contribution in [0, 0.1) is 11.3 Å². The average Bonchev–Trinajstić information content (AvgIpc) is 2.96. The predicted octanol–water partition coefficient (Wildman–Crippen LogP) is 5.01. The minimum Gasteiger partial charge on any atom is -0.469 e. The Hall–Kier alpha value is -4.71. The molecule has 6 heteroatoms. The molecule has 0 aliphatic heterocycles. The molecule has 0 aromatic heterocycles. The van der Waals surface area contributed by atoms with E-state index in [4.69, 9.17) is 15.9 Å². The maximum absolute atomic E-state index is 13.4. The maximum atomic E-state index is 13.4. The number of amides is 1. The molecule has 0 aliphatic rings. The summed E-state index contributed by atoms with van der Waals surface area (Å²) in [6.45, 7) is 0. The predicted molar refractivity (Wildman–Crippen MR) is 150 cm³/mol. The van der Waals surface area contributed by atoms with E-state index < -0.39 is 17.9 Å². The van der Waals surface area contributed by atoms with E-state index in [0.29, 0.717) is 24.0 Å². The summed E-state index contributed by atoms with van der Waals surface area (Å²) >= 11 is 0. The van der Waals surface area contributed by atoms with Gasteiger partial charge in [0.25, 0.3) is 5.91 Å². The first kappa shape index (κ1) is 26.4. The Balaban J connectivity index is 1.61. The molecular weight excluding hydrogens is 474 g/mol. The lowest BCUT2D eigenvalue weighted by molar-refractivity contribution is -0.146. The van der Waals surface area contributed by atoms with Crippen LogP contribution in [0.3, 0.4) is 0 Å². The lowest BCUT2D eigenvalue weighted by atomic mass is 9.87. The standard InChI is InChI=1S/C32H31N3O3/c1-38-32(37)28(20-23-11-8-14-27(19-23)30(33)34)29(21-22-9-4-2-5-10-22)35-31(36)26-17-15-25(16-18-26)24-12-6-3-7-13-24/h2-19,28-29H,20-21H2,1H3,(H3,33,34)(H,35,36). The second-order valence-corrected chi connectivity index (χ2v) is 9.16. The zero-order chi connectivity index (χ0) is 26.9. The van der Waals surface area contributed by atoms with Gasteiger partial charge in [0, 0.05) is 17.2 Å². The molecule has 0 radical (unpaired) electrons. The number of nitrogens with one attached hydrogen (secondary N) is 2. The molecule has 0 aliphatic carbocycles. The van der Waals surface area contributed by atoms with E-state index in [1.165, 1.54) is 7.11 Å². The highest BCUT2D eigenvalue weighted by Gasteiger charge is 2.31. The Labute approximate surface area is 223 Å². The van der Waals surface area contributed by atoms with Gasteiger partial charge in [0.1, 0.15) is 5.84 Å². The molecule has 4 N–H and O–H groups in total. The van der Waals surface area contributed by atoms with Crippen molar-refractivity contribution in [2.45, 2.75) is 18.9 Å². The van der Waals surface area contributed by atoms with Crippen molar-refractivity contribution >= 4 is 17.7 Å². The van der Waals surface area contributed by atoms with E-state index in [2.05, 4.69) is 5.32 Å². The van der Waals surface area contributed by atoms with Crippen molar-refractivity contribution in [2.24, 2.45) is 11.7 Å². The minimum atomic E-state index is -0.657. The van der Waals surface area contributed by atoms with Crippen LogP contribution in [0.1, 0.15) is 27.0 Å². The summed E-state index contributed by atoms with van der Waals surface area (Å²) in [5.41, 5.74) is 10.7. The van der Waals surface area contributed by atoms with Gasteiger partial charge in [-0.25, -0.2) is 0 Å². The quantitative estimate of drug-likeness (QED) is 0.160. The van der Waals surface area contributed by atoms with Gasteiger partial charge in [-0.2, -0.15) is 0 Å². The number of carbonyl (C=O) groups is 2. The normalized spacial score (nSPS) is 12.2. The van der Waals surface area contributed by atoms with Crippen molar-refractivity contribution in [3.05, 3.63) is 131 Å². The summed E-state index contributed by atoms with van der Waals surface area (Å²) in [5, 5.41) is 10.9. The lowest BCUT2D eigenvalue weighted by Crippen LogP contribution is -2.46. The first-order valence-electron chi connectivity index (χ1n) is 12.5. The molecular formula is C32H31N3O3. The van der Waals surface area contributed by atoms with Crippen molar-refractivity contribution in [2.75, 3.05) is 7.11 Å². The fourth-order valence-electron chi connectivity index (χ4n) is 4.52. The van der Waals surface area contributed by atoms with Crippen LogP contribution in [0.2, 0.25) is 0 Å². The molecule has 4 rings (SSSR count).